The molecule has 0 saturated heterocycles. The molecule has 0 amide bonds. The molecule has 0 aliphatic carbocycles. The summed E-state index contributed by atoms with van der Waals surface area (Å²) in [4.78, 5) is 0. The van der Waals surface area contributed by atoms with Gasteiger partial charge in [0.2, 0.25) is 0 Å². The first-order chi connectivity index (χ1) is 6.15. The summed E-state index contributed by atoms with van der Waals surface area (Å²) in [7, 11) is 0. The van der Waals surface area contributed by atoms with Crippen LogP contribution in [0.15, 0.2) is 12.1 Å². The predicted molar refractivity (Wildman–Crippen MR) is 46.7 cm³/mol. The van der Waals surface area contributed by atoms with E-state index >= 15 is 0 Å². The second-order valence-corrected chi connectivity index (χ2v) is 2.89. The van der Waals surface area contributed by atoms with Crippen molar-refractivity contribution in [1.29, 1.82) is 5.26 Å². The number of aryl methyl sites for hydroxylation is 2. The van der Waals surface area contributed by atoms with Crippen LogP contribution < -0.4 is 0 Å². The molecule has 0 aliphatic rings. The van der Waals surface area contributed by atoms with E-state index < -0.39 is 5.82 Å². The smallest absolute Gasteiger partial charge is 0.165 e. The molecular weight excluding hydrogens is 169 g/mol. The molecule has 0 spiro atoms. The number of hydrogen-bond acceptors (Lipinski definition) is 2. The van der Waals surface area contributed by atoms with Crippen LogP contribution in [0, 0.1) is 24.1 Å². The lowest BCUT2D eigenvalue weighted by molar-refractivity contribution is 0.431. The first kappa shape index (κ1) is 9.53. The zero-order valence-electron chi connectivity index (χ0n) is 7.34. The molecule has 0 radical (unpaired) electrons. The van der Waals surface area contributed by atoms with Crippen LogP contribution >= 0.6 is 0 Å². The Labute approximate surface area is 76.2 Å². The van der Waals surface area contributed by atoms with Gasteiger partial charge in [-0.2, -0.15) is 5.26 Å². The quantitative estimate of drug-likeness (QED) is 0.756. The van der Waals surface area contributed by atoms with Crippen molar-refractivity contribution in [3.05, 3.63) is 29.1 Å². The Balaban J connectivity index is 2.96. The number of hydrogen-bond donors (Lipinski definition) is 1. The fourth-order valence-electron chi connectivity index (χ4n) is 1.16. The van der Waals surface area contributed by atoms with Crippen molar-refractivity contribution in [3.63, 3.8) is 0 Å². The first-order valence-electron chi connectivity index (χ1n) is 4.00. The van der Waals surface area contributed by atoms with Gasteiger partial charge in [-0.25, -0.2) is 4.39 Å². The van der Waals surface area contributed by atoms with E-state index in [1.165, 1.54) is 12.1 Å². The second-order valence-electron chi connectivity index (χ2n) is 2.89. The van der Waals surface area contributed by atoms with Crippen LogP contribution in [0.25, 0.3) is 0 Å². The molecule has 0 atom stereocenters. The van der Waals surface area contributed by atoms with Gasteiger partial charge in [0.1, 0.15) is 0 Å². The van der Waals surface area contributed by atoms with Crippen molar-refractivity contribution in [3.8, 4) is 11.8 Å². The van der Waals surface area contributed by atoms with Crippen LogP contribution in [-0.4, -0.2) is 5.11 Å². The third-order valence-electron chi connectivity index (χ3n) is 1.91. The number of nitriles is 1. The molecule has 1 rings (SSSR count). The van der Waals surface area contributed by atoms with Crippen molar-refractivity contribution >= 4 is 0 Å². The molecule has 2 nitrogen and oxygen atoms in total. The fourth-order valence-corrected chi connectivity index (χ4v) is 1.16. The zero-order chi connectivity index (χ0) is 9.84. The molecule has 0 aromatic heterocycles. The maximum atomic E-state index is 12.8. The highest BCUT2D eigenvalue weighted by Crippen LogP contribution is 2.21. The Kier molecular flexibility index (Phi) is 2.86. The number of phenols is 1. The number of benzene rings is 1. The Morgan fingerprint density at radius 1 is 1.54 bits per heavy atom. The van der Waals surface area contributed by atoms with Crippen LogP contribution in [-0.2, 0) is 6.42 Å². The van der Waals surface area contributed by atoms with E-state index in [9.17, 15) is 4.39 Å². The van der Waals surface area contributed by atoms with Gasteiger partial charge in [0, 0.05) is 6.42 Å². The summed E-state index contributed by atoms with van der Waals surface area (Å²) in [5.74, 6) is -0.961. The minimum absolute atomic E-state index is 0.349. The van der Waals surface area contributed by atoms with Gasteiger partial charge < -0.3 is 5.11 Å². The summed E-state index contributed by atoms with van der Waals surface area (Å²) in [5, 5.41) is 17.4. The minimum atomic E-state index is -0.613. The summed E-state index contributed by atoms with van der Waals surface area (Å²) < 4.78 is 12.8. The molecule has 0 unspecified atom stereocenters. The van der Waals surface area contributed by atoms with Crippen LogP contribution in [0.5, 0.6) is 5.75 Å². The molecular formula is C10H10FNO. The lowest BCUT2D eigenvalue weighted by Crippen LogP contribution is -1.90. The Morgan fingerprint density at radius 2 is 2.23 bits per heavy atom. The topological polar surface area (TPSA) is 44.0 Å². The van der Waals surface area contributed by atoms with Crippen molar-refractivity contribution in [2.45, 2.75) is 19.8 Å². The molecule has 0 heterocycles. The van der Waals surface area contributed by atoms with Gasteiger partial charge in [0.25, 0.3) is 0 Å². The van der Waals surface area contributed by atoms with Gasteiger partial charge in [-0.05, 0) is 36.6 Å². The summed E-state index contributed by atoms with van der Waals surface area (Å²) in [5.41, 5.74) is 1.59. The average molecular weight is 179 g/mol. The maximum Gasteiger partial charge on any atom is 0.165 e. The van der Waals surface area contributed by atoms with E-state index in [-0.39, 0.29) is 5.75 Å². The van der Waals surface area contributed by atoms with Crippen molar-refractivity contribution in [1.82, 2.24) is 0 Å². The van der Waals surface area contributed by atoms with Crippen LogP contribution in [0.3, 0.4) is 0 Å². The van der Waals surface area contributed by atoms with E-state index in [0.717, 1.165) is 11.1 Å². The number of phenolic OH excluding ortho intramolecular Hbond substituents is 1. The van der Waals surface area contributed by atoms with E-state index in [0.29, 0.717) is 12.8 Å². The van der Waals surface area contributed by atoms with E-state index in [2.05, 4.69) is 0 Å². The number of nitrogens with zero attached hydrogens (tertiary/aromatic N) is 1. The zero-order valence-corrected chi connectivity index (χ0v) is 7.34. The molecule has 68 valence electrons. The predicted octanol–water partition coefficient (Wildman–Crippen LogP) is 2.30. The van der Waals surface area contributed by atoms with Gasteiger partial charge >= 0.3 is 0 Å². The number of aromatic hydroxyl groups is 1. The van der Waals surface area contributed by atoms with Crippen LogP contribution in [0.2, 0.25) is 0 Å². The fraction of sp³-hybridized carbons (Fsp3) is 0.300. The molecule has 0 bridgehead atoms. The van der Waals surface area contributed by atoms with Crippen molar-refractivity contribution in [2.75, 3.05) is 0 Å². The molecule has 1 aromatic carbocycles. The molecule has 1 aromatic rings. The summed E-state index contributed by atoms with van der Waals surface area (Å²) in [6, 6.07) is 4.66. The second kappa shape index (κ2) is 3.90. The van der Waals surface area contributed by atoms with E-state index in [4.69, 9.17) is 10.4 Å². The SMILES string of the molecule is Cc1cc(F)c(O)cc1CCC#N. The normalized spacial score (nSPS) is 9.62. The maximum absolute atomic E-state index is 12.8. The average Bonchev–Trinajstić information content (AvgIpc) is 2.09. The van der Waals surface area contributed by atoms with Gasteiger partial charge in [-0.15, -0.1) is 0 Å². The third kappa shape index (κ3) is 2.19. The standard InChI is InChI=1S/C10H10FNO/c1-7-5-9(11)10(13)6-8(7)3-2-4-12/h5-6,13H,2-3H2,1H3. The van der Waals surface area contributed by atoms with Gasteiger partial charge in [-0.1, -0.05) is 0 Å². The molecule has 0 fully saturated rings. The van der Waals surface area contributed by atoms with E-state index in [1.54, 1.807) is 6.92 Å². The monoisotopic (exact) mass is 179 g/mol. The molecule has 0 aliphatic heterocycles. The van der Waals surface area contributed by atoms with Crippen LogP contribution in [0.1, 0.15) is 17.5 Å². The van der Waals surface area contributed by atoms with Crippen LogP contribution in [0.4, 0.5) is 4.39 Å². The number of rotatable bonds is 2. The largest absolute Gasteiger partial charge is 0.505 e. The Bertz CT molecular complexity index is 355. The van der Waals surface area contributed by atoms with Crippen molar-refractivity contribution < 1.29 is 9.50 Å². The summed E-state index contributed by atoms with van der Waals surface area (Å²) in [6.07, 6.45) is 0.933. The highest BCUT2D eigenvalue weighted by Gasteiger charge is 2.05. The summed E-state index contributed by atoms with van der Waals surface area (Å²) >= 11 is 0. The lowest BCUT2D eigenvalue weighted by Gasteiger charge is -2.04. The molecule has 13 heavy (non-hydrogen) atoms. The van der Waals surface area contributed by atoms with E-state index in [1.807, 2.05) is 6.07 Å². The molecule has 0 saturated carbocycles. The molecule has 3 heteroatoms. The lowest BCUT2D eigenvalue weighted by atomic mass is 10.0. The van der Waals surface area contributed by atoms with Gasteiger partial charge in [0.05, 0.1) is 6.07 Å². The third-order valence-corrected chi connectivity index (χ3v) is 1.91. The Morgan fingerprint density at radius 3 is 2.85 bits per heavy atom. The number of halogens is 1. The first-order valence-corrected chi connectivity index (χ1v) is 4.00. The summed E-state index contributed by atoms with van der Waals surface area (Å²) in [6.45, 7) is 1.76. The molecule has 1 N–H and O–H groups in total. The van der Waals surface area contributed by atoms with Gasteiger partial charge in [0.15, 0.2) is 11.6 Å². The van der Waals surface area contributed by atoms with Gasteiger partial charge in [-0.3, -0.25) is 0 Å². The minimum Gasteiger partial charge on any atom is -0.505 e. The Hall–Kier alpha value is -1.56. The highest BCUT2D eigenvalue weighted by molar-refractivity contribution is 5.35. The highest BCUT2D eigenvalue weighted by atomic mass is 19.1. The van der Waals surface area contributed by atoms with Crippen molar-refractivity contribution in [2.24, 2.45) is 0 Å².